The average Bonchev–Trinajstić information content (AvgIpc) is 2.64. The van der Waals surface area contributed by atoms with E-state index in [2.05, 4.69) is 12.2 Å². The summed E-state index contributed by atoms with van der Waals surface area (Å²) >= 11 is 0. The van der Waals surface area contributed by atoms with Crippen LogP contribution in [0, 0.1) is 5.92 Å². The van der Waals surface area contributed by atoms with Crippen molar-refractivity contribution in [3.63, 3.8) is 0 Å². The van der Waals surface area contributed by atoms with Gasteiger partial charge >= 0.3 is 12.0 Å². The molecule has 0 aromatic rings. The number of carbonyl (C=O) groups is 2. The molecule has 0 bridgehead atoms. The monoisotopic (exact) mass is 296 g/mol. The van der Waals surface area contributed by atoms with Crippen LogP contribution in [0.25, 0.3) is 0 Å². The molecule has 0 aromatic carbocycles. The maximum absolute atomic E-state index is 12.5. The molecule has 3 atom stereocenters. The number of urea groups is 1. The Morgan fingerprint density at radius 1 is 1.14 bits per heavy atom. The third-order valence-corrected chi connectivity index (χ3v) is 5.18. The normalized spacial score (nSPS) is 34.1. The van der Waals surface area contributed by atoms with Crippen molar-refractivity contribution >= 4 is 12.0 Å². The van der Waals surface area contributed by atoms with Crippen LogP contribution in [0.15, 0.2) is 0 Å². The summed E-state index contributed by atoms with van der Waals surface area (Å²) in [6, 6.07) is 0.00146. The molecule has 120 valence electrons. The van der Waals surface area contributed by atoms with Gasteiger partial charge in [-0.05, 0) is 51.4 Å². The number of aliphatic carboxylic acids is 1. The van der Waals surface area contributed by atoms with Crippen LogP contribution in [-0.2, 0) is 4.79 Å². The number of rotatable bonds is 2. The smallest absolute Gasteiger partial charge is 0.329 e. The molecule has 0 spiro atoms. The molecule has 1 aliphatic carbocycles. The summed E-state index contributed by atoms with van der Waals surface area (Å²) in [5, 5.41) is 12.6. The predicted molar refractivity (Wildman–Crippen MR) is 81.2 cm³/mol. The molecule has 1 aliphatic heterocycles. The van der Waals surface area contributed by atoms with Crippen LogP contribution in [0.1, 0.15) is 65.2 Å². The van der Waals surface area contributed by atoms with Gasteiger partial charge < -0.3 is 15.3 Å². The molecule has 1 heterocycles. The van der Waals surface area contributed by atoms with Gasteiger partial charge in [0.25, 0.3) is 0 Å². The second-order valence-electron chi connectivity index (χ2n) is 6.95. The molecular formula is C16H28N2O3. The zero-order valence-electron chi connectivity index (χ0n) is 13.2. The highest BCUT2D eigenvalue weighted by atomic mass is 16.4. The molecule has 5 nitrogen and oxygen atoms in total. The number of hydrogen-bond donors (Lipinski definition) is 2. The van der Waals surface area contributed by atoms with E-state index in [0.29, 0.717) is 13.0 Å². The number of carboxylic acid groups (broad SMARTS) is 1. The zero-order valence-corrected chi connectivity index (χ0v) is 13.2. The minimum absolute atomic E-state index is 0.195. The van der Waals surface area contributed by atoms with Crippen LogP contribution in [0.4, 0.5) is 4.79 Å². The fourth-order valence-electron chi connectivity index (χ4n) is 3.55. The number of carbonyl (C=O) groups excluding carboxylic acids is 1. The van der Waals surface area contributed by atoms with Crippen molar-refractivity contribution in [3.8, 4) is 0 Å². The van der Waals surface area contributed by atoms with Crippen molar-refractivity contribution in [1.82, 2.24) is 10.2 Å². The summed E-state index contributed by atoms with van der Waals surface area (Å²) in [6.07, 6.45) is 7.81. The van der Waals surface area contributed by atoms with Crippen molar-refractivity contribution in [1.29, 1.82) is 0 Å². The van der Waals surface area contributed by atoms with E-state index < -0.39 is 11.5 Å². The van der Waals surface area contributed by atoms with Crippen molar-refractivity contribution in [2.45, 2.75) is 76.8 Å². The first kappa shape index (κ1) is 16.1. The third kappa shape index (κ3) is 3.69. The van der Waals surface area contributed by atoms with Crippen LogP contribution in [0.2, 0.25) is 0 Å². The topological polar surface area (TPSA) is 69.6 Å². The van der Waals surface area contributed by atoms with Gasteiger partial charge in [0, 0.05) is 12.6 Å². The van der Waals surface area contributed by atoms with Crippen molar-refractivity contribution in [2.24, 2.45) is 5.92 Å². The van der Waals surface area contributed by atoms with Gasteiger partial charge in [0.05, 0.1) is 0 Å². The number of carboxylic acids is 1. The van der Waals surface area contributed by atoms with E-state index in [1.807, 2.05) is 0 Å². The zero-order chi connectivity index (χ0) is 15.5. The van der Waals surface area contributed by atoms with Gasteiger partial charge in [-0.1, -0.05) is 19.8 Å². The summed E-state index contributed by atoms with van der Waals surface area (Å²) in [6.45, 7) is 4.47. The van der Waals surface area contributed by atoms with Gasteiger partial charge in [-0.15, -0.1) is 0 Å². The Labute approximate surface area is 127 Å². The summed E-state index contributed by atoms with van der Waals surface area (Å²) in [5.74, 6) is -0.169. The second-order valence-corrected chi connectivity index (χ2v) is 6.95. The maximum atomic E-state index is 12.5. The number of nitrogens with one attached hydrogen (secondary N) is 1. The van der Waals surface area contributed by atoms with E-state index in [1.165, 1.54) is 11.3 Å². The molecule has 0 aromatic heterocycles. The van der Waals surface area contributed by atoms with Gasteiger partial charge in [0.1, 0.15) is 5.54 Å². The van der Waals surface area contributed by atoms with Gasteiger partial charge in [0.2, 0.25) is 0 Å². The van der Waals surface area contributed by atoms with E-state index in [9.17, 15) is 14.7 Å². The molecule has 21 heavy (non-hydrogen) atoms. The lowest BCUT2D eigenvalue weighted by atomic mass is 9.89. The number of piperidine rings is 1. The molecule has 2 amide bonds. The molecule has 1 saturated heterocycles. The average molecular weight is 296 g/mol. The Kier molecular flexibility index (Phi) is 5.12. The second kappa shape index (κ2) is 6.67. The van der Waals surface area contributed by atoms with Crippen molar-refractivity contribution in [2.75, 3.05) is 6.54 Å². The van der Waals surface area contributed by atoms with Gasteiger partial charge in [0.15, 0.2) is 0 Å². The lowest BCUT2D eigenvalue weighted by Crippen LogP contribution is -2.61. The van der Waals surface area contributed by atoms with E-state index in [4.69, 9.17) is 0 Å². The Hall–Kier alpha value is -1.26. The lowest BCUT2D eigenvalue weighted by Gasteiger charge is -2.42. The quantitative estimate of drug-likeness (QED) is 0.770. The Morgan fingerprint density at radius 2 is 1.90 bits per heavy atom. The predicted octanol–water partition coefficient (Wildman–Crippen LogP) is 2.99. The highest BCUT2D eigenvalue weighted by molar-refractivity contribution is 5.86. The first-order chi connectivity index (χ1) is 9.93. The standard InChI is InChI=1S/C16H28N2O3/c1-12-6-5-7-13(9-8-12)17-15(21)18-11-4-3-10-16(18,2)14(19)20/h12-13H,3-11H2,1-2H3,(H,17,21)(H,19,20). The molecule has 2 aliphatic rings. The molecule has 2 rings (SSSR count). The number of likely N-dealkylation sites (tertiary alicyclic amines) is 1. The van der Waals surface area contributed by atoms with Crippen LogP contribution < -0.4 is 5.32 Å². The molecular weight excluding hydrogens is 268 g/mol. The van der Waals surface area contributed by atoms with E-state index in [1.54, 1.807) is 6.92 Å². The third-order valence-electron chi connectivity index (χ3n) is 5.18. The molecule has 3 unspecified atom stereocenters. The minimum Gasteiger partial charge on any atom is -0.480 e. The van der Waals surface area contributed by atoms with Gasteiger partial charge in [-0.3, -0.25) is 0 Å². The van der Waals surface area contributed by atoms with Crippen LogP contribution in [0.3, 0.4) is 0 Å². The first-order valence-electron chi connectivity index (χ1n) is 8.25. The van der Waals surface area contributed by atoms with Gasteiger partial charge in [-0.2, -0.15) is 0 Å². The van der Waals surface area contributed by atoms with Crippen LogP contribution in [0.5, 0.6) is 0 Å². The highest BCUT2D eigenvalue weighted by Crippen LogP contribution is 2.29. The van der Waals surface area contributed by atoms with Gasteiger partial charge in [-0.25, -0.2) is 9.59 Å². The summed E-state index contributed by atoms with van der Waals surface area (Å²) in [4.78, 5) is 25.6. The number of nitrogens with zero attached hydrogens (tertiary/aromatic N) is 1. The van der Waals surface area contributed by atoms with Crippen molar-refractivity contribution in [3.05, 3.63) is 0 Å². The fraction of sp³-hybridized carbons (Fsp3) is 0.875. The first-order valence-corrected chi connectivity index (χ1v) is 8.25. The lowest BCUT2D eigenvalue weighted by molar-refractivity contribution is -0.150. The van der Waals surface area contributed by atoms with E-state index in [-0.39, 0.29) is 12.1 Å². The Balaban J connectivity index is 1.99. The fourth-order valence-corrected chi connectivity index (χ4v) is 3.55. The van der Waals surface area contributed by atoms with Crippen LogP contribution >= 0.6 is 0 Å². The molecule has 0 radical (unpaired) electrons. The molecule has 1 saturated carbocycles. The van der Waals surface area contributed by atoms with E-state index >= 15 is 0 Å². The minimum atomic E-state index is -1.06. The SMILES string of the molecule is CC1CCCC(NC(=O)N2CCCCC2(C)C(=O)O)CC1. The largest absolute Gasteiger partial charge is 0.480 e. The molecule has 2 fully saturated rings. The summed E-state index contributed by atoms with van der Waals surface area (Å²) < 4.78 is 0. The van der Waals surface area contributed by atoms with Crippen LogP contribution in [-0.4, -0.2) is 40.1 Å². The summed E-state index contributed by atoms with van der Waals surface area (Å²) in [7, 11) is 0. The maximum Gasteiger partial charge on any atom is 0.329 e. The van der Waals surface area contributed by atoms with E-state index in [0.717, 1.165) is 44.4 Å². The number of hydrogen-bond acceptors (Lipinski definition) is 2. The van der Waals surface area contributed by atoms with Crippen molar-refractivity contribution < 1.29 is 14.7 Å². The Bertz CT molecular complexity index is 399. The molecule has 5 heteroatoms. The molecule has 2 N–H and O–H groups in total. The number of amides is 2. The highest BCUT2D eigenvalue weighted by Gasteiger charge is 2.44. The Morgan fingerprint density at radius 3 is 2.62 bits per heavy atom. The summed E-state index contributed by atoms with van der Waals surface area (Å²) in [5.41, 5.74) is -1.06.